The number of nitrogens with zero attached hydrogens (tertiary/aromatic N) is 2. The number of amides is 1. The van der Waals surface area contributed by atoms with Crippen molar-refractivity contribution in [1.82, 2.24) is 5.32 Å². The van der Waals surface area contributed by atoms with E-state index in [0.717, 1.165) is 43.6 Å². The van der Waals surface area contributed by atoms with Crippen LogP contribution in [0.2, 0.25) is 0 Å². The summed E-state index contributed by atoms with van der Waals surface area (Å²) in [5, 5.41) is 14.1. The summed E-state index contributed by atoms with van der Waals surface area (Å²) in [5.74, 6) is -0.689. The number of nitrogens with one attached hydrogen (secondary N) is 1. The Morgan fingerprint density at radius 1 is 1.10 bits per heavy atom. The van der Waals surface area contributed by atoms with Crippen LogP contribution in [0.5, 0.6) is 0 Å². The SMILES string of the molecule is CCOC(=O)c1ccc(CCNC(=O)c2cc([N+](=O)[O-])ccc2N2CCCCC2)cc1. The second kappa shape index (κ2) is 10.6. The third kappa shape index (κ3) is 5.81. The van der Waals surface area contributed by atoms with E-state index >= 15 is 0 Å². The number of carbonyl (C=O) groups excluding carboxylic acids is 2. The molecule has 1 heterocycles. The van der Waals surface area contributed by atoms with Crippen LogP contribution in [-0.2, 0) is 11.2 Å². The number of ether oxygens (including phenoxy) is 1. The third-order valence-corrected chi connectivity index (χ3v) is 5.30. The molecular weight excluding hydrogens is 398 g/mol. The molecule has 164 valence electrons. The molecule has 0 atom stereocenters. The van der Waals surface area contributed by atoms with Gasteiger partial charge >= 0.3 is 5.97 Å². The van der Waals surface area contributed by atoms with Gasteiger partial charge in [0, 0.05) is 31.8 Å². The summed E-state index contributed by atoms with van der Waals surface area (Å²) in [6, 6.07) is 11.5. The molecule has 3 rings (SSSR count). The van der Waals surface area contributed by atoms with E-state index in [1.807, 2.05) is 12.1 Å². The zero-order valence-corrected chi connectivity index (χ0v) is 17.6. The van der Waals surface area contributed by atoms with Crippen LogP contribution in [0.4, 0.5) is 11.4 Å². The molecule has 1 aliphatic rings. The largest absolute Gasteiger partial charge is 0.462 e. The van der Waals surface area contributed by atoms with E-state index in [0.29, 0.717) is 30.7 Å². The van der Waals surface area contributed by atoms with E-state index in [-0.39, 0.29) is 17.6 Å². The Morgan fingerprint density at radius 2 is 1.81 bits per heavy atom. The van der Waals surface area contributed by atoms with Crippen LogP contribution in [0.25, 0.3) is 0 Å². The van der Waals surface area contributed by atoms with Crippen molar-refractivity contribution < 1.29 is 19.2 Å². The summed E-state index contributed by atoms with van der Waals surface area (Å²) in [4.78, 5) is 37.4. The minimum atomic E-state index is -0.484. The lowest BCUT2D eigenvalue weighted by molar-refractivity contribution is -0.384. The monoisotopic (exact) mass is 425 g/mol. The summed E-state index contributed by atoms with van der Waals surface area (Å²) in [6.45, 7) is 4.13. The smallest absolute Gasteiger partial charge is 0.338 e. The van der Waals surface area contributed by atoms with Crippen molar-refractivity contribution in [2.24, 2.45) is 0 Å². The first-order chi connectivity index (χ1) is 15.0. The number of rotatable bonds is 8. The minimum absolute atomic E-state index is 0.0968. The molecule has 1 saturated heterocycles. The highest BCUT2D eigenvalue weighted by atomic mass is 16.6. The first-order valence-corrected chi connectivity index (χ1v) is 10.6. The van der Waals surface area contributed by atoms with Gasteiger partial charge in [0.25, 0.3) is 11.6 Å². The van der Waals surface area contributed by atoms with E-state index in [1.54, 1.807) is 25.1 Å². The molecule has 2 aromatic carbocycles. The van der Waals surface area contributed by atoms with Gasteiger partial charge in [-0.2, -0.15) is 0 Å². The van der Waals surface area contributed by atoms with Crippen LogP contribution in [-0.4, -0.2) is 43.0 Å². The van der Waals surface area contributed by atoms with Gasteiger partial charge in [-0.25, -0.2) is 4.79 Å². The Labute approximate surface area is 181 Å². The Kier molecular flexibility index (Phi) is 7.59. The summed E-state index contributed by atoms with van der Waals surface area (Å²) in [5.41, 5.74) is 2.41. The fourth-order valence-corrected chi connectivity index (χ4v) is 3.67. The van der Waals surface area contributed by atoms with Crippen LogP contribution in [0.3, 0.4) is 0 Å². The summed E-state index contributed by atoms with van der Waals surface area (Å²) < 4.78 is 4.97. The minimum Gasteiger partial charge on any atom is -0.462 e. The van der Waals surface area contributed by atoms with Gasteiger partial charge in [0.15, 0.2) is 0 Å². The number of esters is 1. The Morgan fingerprint density at radius 3 is 2.45 bits per heavy atom. The molecule has 0 aromatic heterocycles. The number of nitro benzene ring substituents is 1. The van der Waals surface area contributed by atoms with Crippen LogP contribution < -0.4 is 10.2 Å². The molecule has 1 amide bonds. The lowest BCUT2D eigenvalue weighted by Gasteiger charge is -2.30. The van der Waals surface area contributed by atoms with Crippen molar-refractivity contribution in [1.29, 1.82) is 0 Å². The zero-order chi connectivity index (χ0) is 22.2. The summed E-state index contributed by atoms with van der Waals surface area (Å²) in [7, 11) is 0. The second-order valence-corrected chi connectivity index (χ2v) is 7.43. The molecule has 31 heavy (non-hydrogen) atoms. The number of benzene rings is 2. The standard InChI is InChI=1S/C23H27N3O5/c1-2-31-23(28)18-8-6-17(7-9-18)12-13-24-22(27)20-16-19(26(29)30)10-11-21(20)25-14-4-3-5-15-25/h6-11,16H,2-5,12-15H2,1H3,(H,24,27). The molecule has 0 saturated carbocycles. The van der Waals surface area contributed by atoms with Crippen molar-refractivity contribution in [3.8, 4) is 0 Å². The molecule has 1 fully saturated rings. The molecule has 0 spiro atoms. The average Bonchev–Trinajstić information content (AvgIpc) is 2.79. The van der Waals surface area contributed by atoms with Gasteiger partial charge in [0.05, 0.1) is 28.3 Å². The lowest BCUT2D eigenvalue weighted by Crippen LogP contribution is -2.33. The quantitative estimate of drug-likeness (QED) is 0.393. The average molecular weight is 425 g/mol. The number of anilines is 1. The van der Waals surface area contributed by atoms with Gasteiger partial charge in [0.1, 0.15) is 0 Å². The van der Waals surface area contributed by atoms with Crippen LogP contribution in [0.15, 0.2) is 42.5 Å². The van der Waals surface area contributed by atoms with Crippen molar-refractivity contribution >= 4 is 23.3 Å². The fraction of sp³-hybridized carbons (Fsp3) is 0.391. The maximum atomic E-state index is 12.9. The summed E-state index contributed by atoms with van der Waals surface area (Å²) >= 11 is 0. The molecule has 0 aliphatic carbocycles. The van der Waals surface area contributed by atoms with Gasteiger partial charge in [0.2, 0.25) is 0 Å². The lowest BCUT2D eigenvalue weighted by atomic mass is 10.1. The number of nitro groups is 1. The third-order valence-electron chi connectivity index (χ3n) is 5.30. The van der Waals surface area contributed by atoms with E-state index in [2.05, 4.69) is 10.2 Å². The number of piperidine rings is 1. The molecule has 1 N–H and O–H groups in total. The topological polar surface area (TPSA) is 102 Å². The Hall–Kier alpha value is -3.42. The first-order valence-electron chi connectivity index (χ1n) is 10.6. The highest BCUT2D eigenvalue weighted by molar-refractivity contribution is 6.00. The van der Waals surface area contributed by atoms with Gasteiger partial charge in [-0.1, -0.05) is 12.1 Å². The Bertz CT molecular complexity index is 937. The van der Waals surface area contributed by atoms with Crippen molar-refractivity contribution in [2.45, 2.75) is 32.6 Å². The molecule has 0 unspecified atom stereocenters. The van der Waals surface area contributed by atoms with Crippen LogP contribution in [0, 0.1) is 10.1 Å². The van der Waals surface area contributed by atoms with E-state index < -0.39 is 4.92 Å². The van der Waals surface area contributed by atoms with E-state index in [1.165, 1.54) is 12.1 Å². The fourth-order valence-electron chi connectivity index (χ4n) is 3.67. The molecule has 8 nitrogen and oxygen atoms in total. The Balaban J connectivity index is 1.66. The highest BCUT2D eigenvalue weighted by Crippen LogP contribution is 2.28. The number of hydrogen-bond acceptors (Lipinski definition) is 6. The second-order valence-electron chi connectivity index (χ2n) is 7.43. The van der Waals surface area contributed by atoms with E-state index in [4.69, 9.17) is 4.74 Å². The maximum Gasteiger partial charge on any atom is 0.338 e. The van der Waals surface area contributed by atoms with Gasteiger partial charge in [-0.05, 0) is 56.4 Å². The molecule has 0 radical (unpaired) electrons. The molecule has 8 heteroatoms. The molecular formula is C23H27N3O5. The van der Waals surface area contributed by atoms with E-state index in [9.17, 15) is 19.7 Å². The predicted octanol–water partition coefficient (Wildman–Crippen LogP) is 3.73. The molecule has 2 aromatic rings. The summed E-state index contributed by atoms with van der Waals surface area (Å²) in [6.07, 6.45) is 3.81. The highest BCUT2D eigenvalue weighted by Gasteiger charge is 2.21. The van der Waals surface area contributed by atoms with Crippen LogP contribution in [0.1, 0.15) is 52.5 Å². The predicted molar refractivity (Wildman–Crippen MR) is 118 cm³/mol. The van der Waals surface area contributed by atoms with Gasteiger partial charge < -0.3 is 15.0 Å². The normalized spacial score (nSPS) is 13.5. The van der Waals surface area contributed by atoms with Crippen molar-refractivity contribution in [3.05, 3.63) is 69.3 Å². The maximum absolute atomic E-state index is 12.9. The van der Waals surface area contributed by atoms with Crippen molar-refractivity contribution in [2.75, 3.05) is 31.1 Å². The van der Waals surface area contributed by atoms with Gasteiger partial charge in [-0.15, -0.1) is 0 Å². The van der Waals surface area contributed by atoms with Crippen molar-refractivity contribution in [3.63, 3.8) is 0 Å². The van der Waals surface area contributed by atoms with Crippen LogP contribution >= 0.6 is 0 Å². The number of carbonyl (C=O) groups is 2. The van der Waals surface area contributed by atoms with Gasteiger partial charge in [-0.3, -0.25) is 14.9 Å². The molecule has 0 bridgehead atoms. The number of non-ortho nitro benzene ring substituents is 1. The number of hydrogen-bond donors (Lipinski definition) is 1. The molecule has 1 aliphatic heterocycles. The zero-order valence-electron chi connectivity index (χ0n) is 17.6. The first kappa shape index (κ1) is 22.3.